The van der Waals surface area contributed by atoms with Gasteiger partial charge in [-0.1, -0.05) is 0 Å². The summed E-state index contributed by atoms with van der Waals surface area (Å²) in [7, 11) is 1.80. The van der Waals surface area contributed by atoms with Crippen LogP contribution >= 0.6 is 12.4 Å². The lowest BCUT2D eigenvalue weighted by Gasteiger charge is -2.01. The Balaban J connectivity index is 0.000000980. The first kappa shape index (κ1) is 10.9. The van der Waals surface area contributed by atoms with Crippen molar-refractivity contribution in [1.29, 1.82) is 0 Å². The van der Waals surface area contributed by atoms with E-state index in [1.54, 1.807) is 24.0 Å². The summed E-state index contributed by atoms with van der Waals surface area (Å²) >= 11 is 0. The minimum atomic E-state index is -0.312. The Morgan fingerprint density at radius 3 is 2.93 bits per heavy atom. The molecule has 0 amide bonds. The summed E-state index contributed by atoms with van der Waals surface area (Å²) in [4.78, 5) is 3.92. The highest BCUT2D eigenvalue weighted by atomic mass is 35.5. The monoisotopic (exact) mass is 215 g/mol. The van der Waals surface area contributed by atoms with Crippen molar-refractivity contribution in [3.63, 3.8) is 0 Å². The van der Waals surface area contributed by atoms with Crippen LogP contribution in [0.15, 0.2) is 18.5 Å². The Kier molecular flexibility index (Phi) is 3.08. The van der Waals surface area contributed by atoms with Crippen molar-refractivity contribution in [3.05, 3.63) is 30.0 Å². The Morgan fingerprint density at radius 2 is 2.29 bits per heavy atom. The fourth-order valence-corrected chi connectivity index (χ4v) is 1.42. The molecule has 0 radical (unpaired) electrons. The fraction of sp³-hybridized carbons (Fsp3) is 0.222. The van der Waals surface area contributed by atoms with Crippen LogP contribution in [0.2, 0.25) is 0 Å². The van der Waals surface area contributed by atoms with E-state index in [9.17, 15) is 4.39 Å². The quantitative estimate of drug-likeness (QED) is 0.785. The third kappa shape index (κ3) is 1.47. The topological polar surface area (TPSA) is 43.8 Å². The molecule has 0 atom stereocenters. The molecule has 76 valence electrons. The first-order chi connectivity index (χ1) is 6.24. The number of halogens is 2. The number of aromatic nitrogens is 2. The van der Waals surface area contributed by atoms with Gasteiger partial charge in [0, 0.05) is 31.4 Å². The number of fused-ring (bicyclic) bond motifs is 1. The number of rotatable bonds is 1. The van der Waals surface area contributed by atoms with Gasteiger partial charge in [-0.05, 0) is 6.07 Å². The lowest BCUT2D eigenvalue weighted by atomic mass is 10.2. The van der Waals surface area contributed by atoms with Gasteiger partial charge in [-0.2, -0.15) is 0 Å². The summed E-state index contributed by atoms with van der Waals surface area (Å²) < 4.78 is 15.3. The van der Waals surface area contributed by atoms with E-state index in [0.717, 1.165) is 5.39 Å². The molecular formula is C9H11ClFN3. The van der Waals surface area contributed by atoms with Crippen LogP contribution in [0.25, 0.3) is 10.9 Å². The molecule has 0 aliphatic carbocycles. The summed E-state index contributed by atoms with van der Waals surface area (Å²) in [6.07, 6.45) is 3.44. The van der Waals surface area contributed by atoms with Gasteiger partial charge in [0.15, 0.2) is 5.82 Å². The first-order valence-corrected chi connectivity index (χ1v) is 4.02. The van der Waals surface area contributed by atoms with Gasteiger partial charge >= 0.3 is 0 Å². The van der Waals surface area contributed by atoms with Crippen LogP contribution in [0, 0.1) is 5.82 Å². The molecular weight excluding hydrogens is 205 g/mol. The predicted molar refractivity (Wildman–Crippen MR) is 55.8 cm³/mol. The van der Waals surface area contributed by atoms with E-state index < -0.39 is 0 Å². The molecule has 0 saturated carbocycles. The van der Waals surface area contributed by atoms with E-state index in [-0.39, 0.29) is 24.8 Å². The Labute approximate surface area is 87.1 Å². The molecule has 0 aliphatic heterocycles. The van der Waals surface area contributed by atoms with Crippen molar-refractivity contribution in [2.45, 2.75) is 6.54 Å². The number of pyridine rings is 1. The van der Waals surface area contributed by atoms with E-state index in [1.165, 1.54) is 0 Å². The van der Waals surface area contributed by atoms with Crippen LogP contribution in [-0.2, 0) is 13.6 Å². The summed E-state index contributed by atoms with van der Waals surface area (Å²) in [5, 5.41) is 0.803. The molecule has 0 aliphatic rings. The van der Waals surface area contributed by atoms with Crippen molar-refractivity contribution in [1.82, 2.24) is 9.55 Å². The first-order valence-electron chi connectivity index (χ1n) is 4.02. The van der Waals surface area contributed by atoms with Gasteiger partial charge in [0.05, 0.1) is 11.2 Å². The molecule has 0 bridgehead atoms. The minimum Gasteiger partial charge on any atom is -0.348 e. The maximum atomic E-state index is 13.6. The van der Waals surface area contributed by atoms with E-state index in [1.807, 2.05) is 6.07 Å². The molecule has 0 aromatic carbocycles. The highest BCUT2D eigenvalue weighted by Gasteiger charge is 2.09. The number of nitrogens with zero attached hydrogens (tertiary/aromatic N) is 2. The number of nitrogens with two attached hydrogens (primary N) is 1. The van der Waals surface area contributed by atoms with Crippen LogP contribution in [-0.4, -0.2) is 9.55 Å². The fourth-order valence-electron chi connectivity index (χ4n) is 1.42. The average molecular weight is 216 g/mol. The van der Waals surface area contributed by atoms with Gasteiger partial charge < -0.3 is 10.3 Å². The maximum absolute atomic E-state index is 13.6. The van der Waals surface area contributed by atoms with Crippen molar-refractivity contribution in [3.8, 4) is 0 Å². The Bertz CT molecular complexity index is 452. The van der Waals surface area contributed by atoms with E-state index >= 15 is 0 Å². The molecule has 14 heavy (non-hydrogen) atoms. The molecule has 2 rings (SSSR count). The van der Waals surface area contributed by atoms with E-state index in [0.29, 0.717) is 11.2 Å². The smallest absolute Gasteiger partial charge is 0.170 e. The molecule has 2 heterocycles. The predicted octanol–water partition coefficient (Wildman–Crippen LogP) is 1.59. The van der Waals surface area contributed by atoms with Gasteiger partial charge in [0.1, 0.15) is 0 Å². The molecule has 0 fully saturated rings. The second-order valence-corrected chi connectivity index (χ2v) is 2.95. The highest BCUT2D eigenvalue weighted by molar-refractivity contribution is 5.85. The Hall–Kier alpha value is -1.13. The minimum absolute atomic E-state index is 0. The van der Waals surface area contributed by atoms with Gasteiger partial charge in [0.25, 0.3) is 0 Å². The van der Waals surface area contributed by atoms with Gasteiger partial charge in [0.2, 0.25) is 0 Å². The lowest BCUT2D eigenvalue weighted by molar-refractivity contribution is 0.605. The van der Waals surface area contributed by atoms with E-state index in [2.05, 4.69) is 4.98 Å². The molecule has 0 saturated heterocycles. The molecule has 2 N–H and O–H groups in total. The largest absolute Gasteiger partial charge is 0.348 e. The zero-order chi connectivity index (χ0) is 9.42. The molecule has 3 nitrogen and oxygen atoms in total. The van der Waals surface area contributed by atoms with Crippen LogP contribution in [0.4, 0.5) is 4.39 Å². The maximum Gasteiger partial charge on any atom is 0.170 e. The van der Waals surface area contributed by atoms with Crippen LogP contribution in [0.5, 0.6) is 0 Å². The molecule has 5 heteroatoms. The summed E-state index contributed by atoms with van der Waals surface area (Å²) in [6, 6.07) is 1.83. The van der Waals surface area contributed by atoms with Crippen molar-refractivity contribution >= 4 is 23.3 Å². The highest BCUT2D eigenvalue weighted by Crippen LogP contribution is 2.19. The Morgan fingerprint density at radius 1 is 1.57 bits per heavy atom. The van der Waals surface area contributed by atoms with Crippen molar-refractivity contribution in [2.24, 2.45) is 12.8 Å². The standard InChI is InChI=1S/C9H10FN3.ClH/c1-13-3-2-6-5-12-7(4-11)8(10)9(6)13;/h2-3,5H,4,11H2,1H3;1H. The zero-order valence-electron chi connectivity index (χ0n) is 7.70. The molecule has 2 aromatic heterocycles. The van der Waals surface area contributed by atoms with Crippen molar-refractivity contribution < 1.29 is 4.39 Å². The lowest BCUT2D eigenvalue weighted by Crippen LogP contribution is -2.04. The van der Waals surface area contributed by atoms with Gasteiger partial charge in [-0.25, -0.2) is 4.39 Å². The summed E-state index contributed by atoms with van der Waals surface area (Å²) in [5.74, 6) is -0.312. The van der Waals surface area contributed by atoms with Crippen LogP contribution < -0.4 is 5.73 Å². The number of aryl methyl sites for hydroxylation is 1. The third-order valence-corrected chi connectivity index (χ3v) is 2.12. The van der Waals surface area contributed by atoms with Crippen LogP contribution in [0.1, 0.15) is 5.69 Å². The zero-order valence-corrected chi connectivity index (χ0v) is 8.51. The summed E-state index contributed by atoms with van der Waals surface area (Å²) in [6.45, 7) is 0.132. The number of hydrogen-bond donors (Lipinski definition) is 1. The van der Waals surface area contributed by atoms with E-state index in [4.69, 9.17) is 5.73 Å². The second kappa shape index (κ2) is 3.94. The normalized spacial score (nSPS) is 10.2. The van der Waals surface area contributed by atoms with Crippen molar-refractivity contribution in [2.75, 3.05) is 0 Å². The van der Waals surface area contributed by atoms with Gasteiger partial charge in [-0.15, -0.1) is 12.4 Å². The SMILES string of the molecule is Cl.Cn1ccc2cnc(CN)c(F)c21. The molecule has 0 unspecified atom stereocenters. The molecule has 0 spiro atoms. The van der Waals surface area contributed by atoms with Crippen LogP contribution in [0.3, 0.4) is 0 Å². The number of hydrogen-bond acceptors (Lipinski definition) is 2. The second-order valence-electron chi connectivity index (χ2n) is 2.95. The third-order valence-electron chi connectivity index (χ3n) is 2.12. The average Bonchev–Trinajstić information content (AvgIpc) is 2.49. The molecule has 2 aromatic rings. The van der Waals surface area contributed by atoms with Gasteiger partial charge in [-0.3, -0.25) is 4.98 Å². The summed E-state index contributed by atoms with van der Waals surface area (Å²) in [5.41, 5.74) is 6.23.